The van der Waals surface area contributed by atoms with Gasteiger partial charge >= 0.3 is 0 Å². The molecule has 0 aromatic carbocycles. The minimum absolute atomic E-state index is 0.00519. The first-order valence-corrected chi connectivity index (χ1v) is 8.62. The Kier molecular flexibility index (Phi) is 3.77. The van der Waals surface area contributed by atoms with Crippen molar-refractivity contribution in [1.29, 1.82) is 0 Å². The Morgan fingerprint density at radius 3 is 2.92 bits per heavy atom. The highest BCUT2D eigenvalue weighted by atomic mass is 16.2. The van der Waals surface area contributed by atoms with Crippen LogP contribution in [0.1, 0.15) is 41.2 Å². The maximum atomic E-state index is 12.7. The number of hydrogen-bond donors (Lipinski definition) is 1. The lowest BCUT2D eigenvalue weighted by Gasteiger charge is -2.26. The summed E-state index contributed by atoms with van der Waals surface area (Å²) < 4.78 is 0. The number of nitrogens with zero attached hydrogens (tertiary/aromatic N) is 3. The van der Waals surface area contributed by atoms with Crippen LogP contribution in [0.4, 0.5) is 0 Å². The average molecular weight is 344 g/mol. The van der Waals surface area contributed by atoms with Gasteiger partial charge in [0.15, 0.2) is 0 Å². The van der Waals surface area contributed by atoms with Gasteiger partial charge in [-0.05, 0) is 42.0 Å². The number of pyridine rings is 2. The molecule has 0 saturated carbocycles. The van der Waals surface area contributed by atoms with Gasteiger partial charge in [0, 0.05) is 36.9 Å². The van der Waals surface area contributed by atoms with Crippen molar-refractivity contribution in [2.45, 2.75) is 20.3 Å². The van der Waals surface area contributed by atoms with Crippen molar-refractivity contribution in [2.24, 2.45) is 5.41 Å². The van der Waals surface area contributed by atoms with Crippen LogP contribution < -0.4 is 0 Å². The standard InChI is InChI=1S/C21H20N4O/c1-21(2)11-18-17(20(26)25(3)13-21)10-14(12-23-18)4-6-16-7-5-15-8-9-22-19(15)24-16/h5,7-10,12H,11,13H2,1-3H3,(H,22,24). The predicted octanol–water partition coefficient (Wildman–Crippen LogP) is 3.01. The van der Waals surface area contributed by atoms with E-state index in [1.54, 1.807) is 11.1 Å². The summed E-state index contributed by atoms with van der Waals surface area (Å²) in [4.78, 5) is 26.6. The maximum Gasteiger partial charge on any atom is 0.255 e. The molecule has 0 spiro atoms. The van der Waals surface area contributed by atoms with E-state index in [-0.39, 0.29) is 11.3 Å². The van der Waals surface area contributed by atoms with E-state index in [2.05, 4.69) is 40.6 Å². The van der Waals surface area contributed by atoms with Crippen LogP contribution in [0.3, 0.4) is 0 Å². The summed E-state index contributed by atoms with van der Waals surface area (Å²) in [6.45, 7) is 5.02. The van der Waals surface area contributed by atoms with Crippen molar-refractivity contribution < 1.29 is 4.79 Å². The van der Waals surface area contributed by atoms with Crippen molar-refractivity contribution in [3.05, 3.63) is 59.2 Å². The van der Waals surface area contributed by atoms with Crippen LogP contribution in [0, 0.1) is 17.3 Å². The number of hydrogen-bond acceptors (Lipinski definition) is 3. The fraction of sp³-hybridized carbons (Fsp3) is 0.286. The molecule has 1 N–H and O–H groups in total. The van der Waals surface area contributed by atoms with Gasteiger partial charge in [-0.3, -0.25) is 9.78 Å². The third-order valence-electron chi connectivity index (χ3n) is 4.60. The average Bonchev–Trinajstić information content (AvgIpc) is 3.04. The van der Waals surface area contributed by atoms with Gasteiger partial charge in [0.2, 0.25) is 0 Å². The number of carbonyl (C=O) groups excluding carboxylic acids is 1. The van der Waals surface area contributed by atoms with E-state index in [0.29, 0.717) is 17.8 Å². The number of amides is 1. The van der Waals surface area contributed by atoms with Gasteiger partial charge in [-0.2, -0.15) is 0 Å². The van der Waals surface area contributed by atoms with Crippen molar-refractivity contribution >= 4 is 16.9 Å². The molecule has 26 heavy (non-hydrogen) atoms. The molecular weight excluding hydrogens is 324 g/mol. The zero-order valence-corrected chi connectivity index (χ0v) is 15.1. The molecule has 0 bridgehead atoms. The lowest BCUT2D eigenvalue weighted by Crippen LogP contribution is -2.33. The molecule has 130 valence electrons. The Hall–Kier alpha value is -3.13. The van der Waals surface area contributed by atoms with Gasteiger partial charge in [-0.1, -0.05) is 19.8 Å². The van der Waals surface area contributed by atoms with Crippen LogP contribution in [0.2, 0.25) is 0 Å². The number of nitrogens with one attached hydrogen (secondary N) is 1. The smallest absolute Gasteiger partial charge is 0.255 e. The molecule has 3 aromatic rings. The summed E-state index contributed by atoms with van der Waals surface area (Å²) in [7, 11) is 1.84. The van der Waals surface area contributed by atoms with Crippen LogP contribution in [0.5, 0.6) is 0 Å². The molecule has 1 aliphatic rings. The van der Waals surface area contributed by atoms with E-state index in [0.717, 1.165) is 28.7 Å². The third-order valence-corrected chi connectivity index (χ3v) is 4.60. The van der Waals surface area contributed by atoms with E-state index in [9.17, 15) is 4.79 Å². The second-order valence-electron chi connectivity index (χ2n) is 7.58. The predicted molar refractivity (Wildman–Crippen MR) is 101 cm³/mol. The molecule has 0 fully saturated rings. The molecule has 0 atom stereocenters. The highest BCUT2D eigenvalue weighted by Gasteiger charge is 2.31. The molecule has 1 amide bonds. The minimum Gasteiger partial charge on any atom is -0.346 e. The number of aromatic amines is 1. The molecule has 5 nitrogen and oxygen atoms in total. The molecule has 0 saturated heterocycles. The van der Waals surface area contributed by atoms with E-state index >= 15 is 0 Å². The summed E-state index contributed by atoms with van der Waals surface area (Å²) in [6.07, 6.45) is 4.37. The van der Waals surface area contributed by atoms with Crippen molar-refractivity contribution in [3.8, 4) is 11.8 Å². The fourth-order valence-corrected chi connectivity index (χ4v) is 3.45. The van der Waals surface area contributed by atoms with Gasteiger partial charge in [-0.15, -0.1) is 0 Å². The van der Waals surface area contributed by atoms with E-state index in [4.69, 9.17) is 0 Å². The van der Waals surface area contributed by atoms with Crippen LogP contribution in [-0.2, 0) is 6.42 Å². The summed E-state index contributed by atoms with van der Waals surface area (Å²) >= 11 is 0. The largest absolute Gasteiger partial charge is 0.346 e. The molecule has 4 heterocycles. The highest BCUT2D eigenvalue weighted by molar-refractivity contribution is 5.96. The number of aromatic nitrogens is 3. The van der Waals surface area contributed by atoms with E-state index in [1.807, 2.05) is 37.5 Å². The normalized spacial score (nSPS) is 16.0. The van der Waals surface area contributed by atoms with Crippen molar-refractivity contribution in [3.63, 3.8) is 0 Å². The van der Waals surface area contributed by atoms with Crippen LogP contribution >= 0.6 is 0 Å². The Morgan fingerprint density at radius 1 is 1.23 bits per heavy atom. The van der Waals surface area contributed by atoms with Gasteiger partial charge in [0.25, 0.3) is 5.91 Å². The second kappa shape index (κ2) is 5.99. The topological polar surface area (TPSA) is 61.9 Å². The van der Waals surface area contributed by atoms with Crippen molar-refractivity contribution in [2.75, 3.05) is 13.6 Å². The summed E-state index contributed by atoms with van der Waals surface area (Å²) in [6, 6.07) is 7.70. The summed E-state index contributed by atoms with van der Waals surface area (Å²) in [5, 5.41) is 1.05. The third kappa shape index (κ3) is 3.06. The Morgan fingerprint density at radius 2 is 2.08 bits per heavy atom. The molecule has 5 heteroatoms. The van der Waals surface area contributed by atoms with Crippen molar-refractivity contribution in [1.82, 2.24) is 19.9 Å². The molecular formula is C21H20N4O. The van der Waals surface area contributed by atoms with Gasteiger partial charge in [0.1, 0.15) is 11.3 Å². The van der Waals surface area contributed by atoms with Gasteiger partial charge < -0.3 is 9.88 Å². The summed E-state index contributed by atoms with van der Waals surface area (Å²) in [5.74, 6) is 6.15. The lowest BCUT2D eigenvalue weighted by molar-refractivity contribution is 0.0754. The molecule has 1 aliphatic heterocycles. The molecule has 0 unspecified atom stereocenters. The Balaban J connectivity index is 1.69. The quantitative estimate of drug-likeness (QED) is 0.638. The second-order valence-corrected chi connectivity index (χ2v) is 7.58. The van der Waals surface area contributed by atoms with Crippen LogP contribution in [0.25, 0.3) is 11.0 Å². The molecule has 0 radical (unpaired) electrons. The van der Waals surface area contributed by atoms with Gasteiger partial charge in [0.05, 0.1) is 11.3 Å². The van der Waals surface area contributed by atoms with E-state index in [1.165, 1.54) is 0 Å². The monoisotopic (exact) mass is 344 g/mol. The Labute approximate surface area is 152 Å². The minimum atomic E-state index is 0.00519. The van der Waals surface area contributed by atoms with Gasteiger partial charge in [-0.25, -0.2) is 4.98 Å². The summed E-state index contributed by atoms with van der Waals surface area (Å²) in [5.41, 5.74) is 3.72. The number of H-pyrrole nitrogens is 1. The highest BCUT2D eigenvalue weighted by Crippen LogP contribution is 2.28. The number of rotatable bonds is 0. The first-order chi connectivity index (χ1) is 12.4. The first-order valence-electron chi connectivity index (χ1n) is 8.62. The zero-order chi connectivity index (χ0) is 18.3. The van der Waals surface area contributed by atoms with E-state index < -0.39 is 0 Å². The SMILES string of the molecule is CN1CC(C)(C)Cc2ncc(C#Cc3ccc4cc[nH]c4n3)cc2C1=O. The number of fused-ring (bicyclic) bond motifs is 2. The lowest BCUT2D eigenvalue weighted by atomic mass is 9.87. The molecule has 3 aromatic heterocycles. The van der Waals surface area contributed by atoms with Crippen LogP contribution in [0.15, 0.2) is 36.7 Å². The Bertz CT molecular complexity index is 1070. The number of carbonyl (C=O) groups is 1. The maximum absolute atomic E-state index is 12.7. The molecule has 0 aliphatic carbocycles. The fourth-order valence-electron chi connectivity index (χ4n) is 3.45. The first kappa shape index (κ1) is 16.3. The van der Waals surface area contributed by atoms with Crippen LogP contribution in [-0.4, -0.2) is 39.4 Å². The molecule has 4 rings (SSSR count). The zero-order valence-electron chi connectivity index (χ0n) is 15.1.